The van der Waals surface area contributed by atoms with E-state index in [4.69, 9.17) is 9.31 Å². The van der Waals surface area contributed by atoms with Gasteiger partial charge in [0, 0.05) is 4.90 Å². The average molecular weight is 276 g/mol. The van der Waals surface area contributed by atoms with Crippen molar-refractivity contribution in [2.75, 3.05) is 6.26 Å². The van der Waals surface area contributed by atoms with Gasteiger partial charge < -0.3 is 9.31 Å². The van der Waals surface area contributed by atoms with Crippen LogP contribution in [0.5, 0.6) is 0 Å². The highest BCUT2D eigenvalue weighted by Gasteiger charge is 2.49. The monoisotopic (exact) mass is 276 g/mol. The first-order chi connectivity index (χ1) is 8.84. The molecule has 0 amide bonds. The molecule has 0 atom stereocenters. The summed E-state index contributed by atoms with van der Waals surface area (Å²) in [6.45, 7) is 8.25. The van der Waals surface area contributed by atoms with E-state index in [-0.39, 0.29) is 18.3 Å². The lowest BCUT2D eigenvalue weighted by molar-refractivity contribution is 0.00578. The second kappa shape index (κ2) is 5.35. The fraction of sp³-hybridized carbons (Fsp3) is 0.467. The van der Waals surface area contributed by atoms with Crippen LogP contribution in [0.4, 0.5) is 0 Å². The van der Waals surface area contributed by atoms with Gasteiger partial charge in [-0.15, -0.1) is 11.8 Å². The Morgan fingerprint density at radius 3 is 2.00 bits per heavy atom. The Balaban J connectivity index is 2.04. The first-order valence-corrected chi connectivity index (χ1v) is 7.74. The van der Waals surface area contributed by atoms with E-state index < -0.39 is 0 Å². The molecule has 2 nitrogen and oxygen atoms in total. The summed E-state index contributed by atoms with van der Waals surface area (Å²) in [5, 5.41) is 0. The minimum Gasteiger partial charge on any atom is -0.400 e. The molecule has 0 radical (unpaired) electrons. The molecule has 1 fully saturated rings. The minimum atomic E-state index is -0.273. The molecule has 0 bridgehead atoms. The molecule has 0 aliphatic carbocycles. The Labute approximate surface area is 120 Å². The van der Waals surface area contributed by atoms with Gasteiger partial charge in [-0.3, -0.25) is 0 Å². The molecule has 1 aromatic rings. The van der Waals surface area contributed by atoms with Crippen molar-refractivity contribution in [2.24, 2.45) is 0 Å². The summed E-state index contributed by atoms with van der Waals surface area (Å²) in [5.41, 5.74) is 0.614. The number of hydrogen-bond acceptors (Lipinski definition) is 3. The molecule has 1 saturated heterocycles. The van der Waals surface area contributed by atoms with Gasteiger partial charge >= 0.3 is 7.12 Å². The van der Waals surface area contributed by atoms with Crippen LogP contribution in [-0.4, -0.2) is 24.6 Å². The van der Waals surface area contributed by atoms with Gasteiger partial charge in [-0.1, -0.05) is 24.2 Å². The van der Waals surface area contributed by atoms with Crippen molar-refractivity contribution in [3.8, 4) is 0 Å². The molecule has 0 spiro atoms. The summed E-state index contributed by atoms with van der Waals surface area (Å²) in [4.78, 5) is 1.27. The summed E-state index contributed by atoms with van der Waals surface area (Å²) in [5.74, 6) is 1.98. The number of rotatable bonds is 3. The van der Waals surface area contributed by atoms with Gasteiger partial charge in [-0.2, -0.15) is 0 Å². The predicted octanol–water partition coefficient (Wildman–Crippen LogP) is 4.05. The SMILES string of the molecule is CSc1ccc(/C=C/B2OC(C)(C)C(C)(C)O2)cc1. The highest BCUT2D eigenvalue weighted by Crippen LogP contribution is 2.37. The van der Waals surface area contributed by atoms with Crippen molar-refractivity contribution in [2.45, 2.75) is 43.8 Å². The predicted molar refractivity (Wildman–Crippen MR) is 83.3 cm³/mol. The topological polar surface area (TPSA) is 18.5 Å². The molecule has 1 heterocycles. The van der Waals surface area contributed by atoms with Crippen LogP contribution in [0.1, 0.15) is 33.3 Å². The van der Waals surface area contributed by atoms with E-state index in [2.05, 4.69) is 58.2 Å². The Hall–Kier alpha value is -0.705. The molecule has 19 heavy (non-hydrogen) atoms. The Morgan fingerprint density at radius 2 is 1.53 bits per heavy atom. The van der Waals surface area contributed by atoms with Crippen LogP contribution in [0.3, 0.4) is 0 Å². The largest absolute Gasteiger partial charge is 0.487 e. The van der Waals surface area contributed by atoms with Crippen molar-refractivity contribution in [3.63, 3.8) is 0 Å². The lowest BCUT2D eigenvalue weighted by atomic mass is 9.89. The van der Waals surface area contributed by atoms with Gasteiger partial charge in [-0.05, 0) is 51.6 Å². The van der Waals surface area contributed by atoms with Crippen LogP contribution in [0.15, 0.2) is 35.1 Å². The summed E-state index contributed by atoms with van der Waals surface area (Å²) < 4.78 is 11.8. The number of thioether (sulfide) groups is 1. The molecule has 4 heteroatoms. The molecule has 0 aromatic heterocycles. The molecular formula is C15H21BO2S. The van der Waals surface area contributed by atoms with E-state index in [0.29, 0.717) is 0 Å². The molecular weight excluding hydrogens is 255 g/mol. The van der Waals surface area contributed by atoms with Crippen molar-refractivity contribution in [3.05, 3.63) is 35.8 Å². The minimum absolute atomic E-state index is 0.273. The van der Waals surface area contributed by atoms with Crippen LogP contribution in [0, 0.1) is 0 Å². The second-order valence-electron chi connectivity index (χ2n) is 5.76. The van der Waals surface area contributed by atoms with Crippen molar-refractivity contribution < 1.29 is 9.31 Å². The summed E-state index contributed by atoms with van der Waals surface area (Å²) in [6.07, 6.45) is 4.13. The maximum Gasteiger partial charge on any atom is 0.487 e. The zero-order valence-electron chi connectivity index (χ0n) is 12.3. The lowest BCUT2D eigenvalue weighted by Gasteiger charge is -2.32. The third-order valence-electron chi connectivity index (χ3n) is 3.83. The van der Waals surface area contributed by atoms with Gasteiger partial charge in [0.1, 0.15) is 0 Å². The van der Waals surface area contributed by atoms with Gasteiger partial charge in [0.25, 0.3) is 0 Å². The van der Waals surface area contributed by atoms with E-state index in [1.54, 1.807) is 11.8 Å². The number of hydrogen-bond donors (Lipinski definition) is 0. The van der Waals surface area contributed by atoms with Gasteiger partial charge in [0.2, 0.25) is 0 Å². The highest BCUT2D eigenvalue weighted by molar-refractivity contribution is 7.98. The van der Waals surface area contributed by atoms with Crippen molar-refractivity contribution in [1.29, 1.82) is 0 Å². The Morgan fingerprint density at radius 1 is 1.00 bits per heavy atom. The van der Waals surface area contributed by atoms with Crippen LogP contribution in [-0.2, 0) is 9.31 Å². The second-order valence-corrected chi connectivity index (χ2v) is 6.64. The molecule has 1 aliphatic rings. The first-order valence-electron chi connectivity index (χ1n) is 6.52. The fourth-order valence-corrected chi connectivity index (χ4v) is 2.28. The van der Waals surface area contributed by atoms with E-state index in [9.17, 15) is 0 Å². The molecule has 0 saturated carbocycles. The Kier molecular flexibility index (Phi) is 4.14. The normalized spacial score (nSPS) is 21.2. The molecule has 0 unspecified atom stereocenters. The maximum atomic E-state index is 5.92. The lowest BCUT2D eigenvalue weighted by Crippen LogP contribution is -2.41. The quantitative estimate of drug-likeness (QED) is 0.613. The van der Waals surface area contributed by atoms with Gasteiger partial charge in [-0.25, -0.2) is 0 Å². The number of benzene rings is 1. The maximum absolute atomic E-state index is 5.92. The van der Waals surface area contributed by atoms with Crippen molar-refractivity contribution in [1.82, 2.24) is 0 Å². The van der Waals surface area contributed by atoms with E-state index in [1.807, 2.05) is 12.1 Å². The zero-order valence-corrected chi connectivity index (χ0v) is 13.1. The van der Waals surface area contributed by atoms with Crippen molar-refractivity contribution >= 4 is 25.0 Å². The molecule has 102 valence electrons. The zero-order chi connectivity index (χ0) is 14.1. The standard InChI is InChI=1S/C15H21BO2S/c1-14(2)15(3,4)18-16(17-14)11-10-12-6-8-13(19-5)9-7-12/h6-11H,1-5H3/b11-10+. The average Bonchev–Trinajstić information content (AvgIpc) is 2.56. The highest BCUT2D eigenvalue weighted by atomic mass is 32.2. The van der Waals surface area contributed by atoms with Crippen LogP contribution >= 0.6 is 11.8 Å². The summed E-state index contributed by atoms with van der Waals surface area (Å²) >= 11 is 1.75. The third kappa shape index (κ3) is 3.25. The molecule has 1 aliphatic heterocycles. The van der Waals surface area contributed by atoms with Gasteiger partial charge in [0.05, 0.1) is 11.2 Å². The first kappa shape index (κ1) is 14.7. The van der Waals surface area contributed by atoms with Crippen LogP contribution in [0.25, 0.3) is 6.08 Å². The van der Waals surface area contributed by atoms with Gasteiger partial charge in [0.15, 0.2) is 0 Å². The molecule has 1 aromatic carbocycles. The smallest absolute Gasteiger partial charge is 0.400 e. The van der Waals surface area contributed by atoms with Crippen LogP contribution in [0.2, 0.25) is 0 Å². The summed E-state index contributed by atoms with van der Waals surface area (Å²) in [6, 6.07) is 8.45. The fourth-order valence-electron chi connectivity index (χ4n) is 1.87. The van der Waals surface area contributed by atoms with E-state index in [1.165, 1.54) is 4.90 Å². The summed E-state index contributed by atoms with van der Waals surface area (Å²) in [7, 11) is -0.273. The Bertz CT molecular complexity index is 450. The third-order valence-corrected chi connectivity index (χ3v) is 4.58. The molecule has 2 rings (SSSR count). The van der Waals surface area contributed by atoms with Crippen LogP contribution < -0.4 is 0 Å². The molecule has 0 N–H and O–H groups in total. The van der Waals surface area contributed by atoms with E-state index in [0.717, 1.165) is 5.56 Å². The van der Waals surface area contributed by atoms with E-state index >= 15 is 0 Å².